The van der Waals surface area contributed by atoms with Crippen LogP contribution in [0.15, 0.2) is 5.38 Å². The minimum absolute atomic E-state index is 0.0153. The van der Waals surface area contributed by atoms with Crippen LogP contribution in [0.3, 0.4) is 0 Å². The van der Waals surface area contributed by atoms with Gasteiger partial charge in [-0.2, -0.15) is 0 Å². The van der Waals surface area contributed by atoms with Gasteiger partial charge in [0.15, 0.2) is 0 Å². The summed E-state index contributed by atoms with van der Waals surface area (Å²) in [5.74, 6) is -0.0153. The predicted molar refractivity (Wildman–Crippen MR) is 83.2 cm³/mol. The summed E-state index contributed by atoms with van der Waals surface area (Å²) < 4.78 is 4.94. The van der Waals surface area contributed by atoms with Gasteiger partial charge in [-0.3, -0.25) is 9.69 Å². The molecule has 2 heterocycles. The van der Waals surface area contributed by atoms with Crippen molar-refractivity contribution in [1.82, 2.24) is 14.8 Å². The normalized spacial score (nSPS) is 18.0. The number of methoxy groups -OCH3 is 1. The van der Waals surface area contributed by atoms with E-state index in [1.807, 2.05) is 4.90 Å². The molecule has 1 atom stereocenters. The molecule has 1 fully saturated rings. The summed E-state index contributed by atoms with van der Waals surface area (Å²) in [5, 5.41) is 3.31. The first kappa shape index (κ1) is 16.4. The minimum Gasteiger partial charge on any atom is -0.383 e. The van der Waals surface area contributed by atoms with Gasteiger partial charge < -0.3 is 15.4 Å². The van der Waals surface area contributed by atoms with Gasteiger partial charge in [-0.1, -0.05) is 6.92 Å². The second-order valence-electron chi connectivity index (χ2n) is 5.25. The molecule has 0 aromatic carbocycles. The van der Waals surface area contributed by atoms with Crippen molar-refractivity contribution in [3.05, 3.63) is 16.1 Å². The van der Waals surface area contributed by atoms with Crippen LogP contribution >= 0.6 is 11.3 Å². The Morgan fingerprint density at radius 3 is 2.76 bits per heavy atom. The fraction of sp³-hybridized carbons (Fsp3) is 0.714. The van der Waals surface area contributed by atoms with Crippen LogP contribution in [0.4, 0.5) is 0 Å². The molecule has 1 saturated heterocycles. The lowest BCUT2D eigenvalue weighted by Gasteiger charge is -2.35. The SMILES string of the molecule is CCc1nc(CN2CCN(C(=O)C(N)COC)CC2)cs1. The highest BCUT2D eigenvalue weighted by Gasteiger charge is 2.25. The van der Waals surface area contributed by atoms with Crippen molar-refractivity contribution in [3.8, 4) is 0 Å². The van der Waals surface area contributed by atoms with Crippen LogP contribution in [0.5, 0.6) is 0 Å². The number of nitrogens with zero attached hydrogens (tertiary/aromatic N) is 3. The molecule has 2 rings (SSSR count). The third kappa shape index (κ3) is 4.47. The molecule has 1 unspecified atom stereocenters. The molecule has 1 aliphatic heterocycles. The summed E-state index contributed by atoms with van der Waals surface area (Å²) >= 11 is 1.72. The van der Waals surface area contributed by atoms with Crippen LogP contribution in [-0.4, -0.2) is 66.6 Å². The molecule has 0 bridgehead atoms. The van der Waals surface area contributed by atoms with Crippen LogP contribution in [0.25, 0.3) is 0 Å². The van der Waals surface area contributed by atoms with Crippen molar-refractivity contribution in [1.29, 1.82) is 0 Å². The van der Waals surface area contributed by atoms with E-state index in [1.54, 1.807) is 18.4 Å². The van der Waals surface area contributed by atoms with E-state index in [9.17, 15) is 4.79 Å². The number of rotatable bonds is 6. The number of hydrogen-bond donors (Lipinski definition) is 1. The molecule has 7 heteroatoms. The fourth-order valence-electron chi connectivity index (χ4n) is 2.42. The number of piperazine rings is 1. The molecule has 21 heavy (non-hydrogen) atoms. The Hall–Kier alpha value is -1.02. The molecular formula is C14H24N4O2S. The summed E-state index contributed by atoms with van der Waals surface area (Å²) in [5.41, 5.74) is 6.93. The predicted octanol–water partition coefficient (Wildman–Crippen LogP) is 0.323. The van der Waals surface area contributed by atoms with Crippen LogP contribution in [0.1, 0.15) is 17.6 Å². The lowest BCUT2D eigenvalue weighted by atomic mass is 10.2. The lowest BCUT2D eigenvalue weighted by Crippen LogP contribution is -2.53. The van der Waals surface area contributed by atoms with Gasteiger partial charge in [0.25, 0.3) is 0 Å². The lowest BCUT2D eigenvalue weighted by molar-refractivity contribution is -0.135. The molecule has 118 valence electrons. The van der Waals surface area contributed by atoms with Gasteiger partial charge in [-0.25, -0.2) is 4.98 Å². The standard InChI is InChI=1S/C14H24N4O2S/c1-3-13-16-11(10-21-13)8-17-4-6-18(7-5-17)14(19)12(15)9-20-2/h10,12H,3-9,15H2,1-2H3. The molecule has 1 amide bonds. The Morgan fingerprint density at radius 1 is 1.48 bits per heavy atom. The maximum atomic E-state index is 12.1. The topological polar surface area (TPSA) is 71.7 Å². The maximum Gasteiger partial charge on any atom is 0.241 e. The van der Waals surface area contributed by atoms with E-state index in [4.69, 9.17) is 10.5 Å². The molecule has 2 N–H and O–H groups in total. The minimum atomic E-state index is -0.549. The third-order valence-corrected chi connectivity index (χ3v) is 4.68. The van der Waals surface area contributed by atoms with E-state index < -0.39 is 6.04 Å². The molecule has 1 aromatic rings. The molecule has 0 radical (unpaired) electrons. The number of thiazole rings is 1. The van der Waals surface area contributed by atoms with Gasteiger partial charge in [0.1, 0.15) is 6.04 Å². The van der Waals surface area contributed by atoms with E-state index in [0.29, 0.717) is 0 Å². The van der Waals surface area contributed by atoms with Gasteiger partial charge in [0, 0.05) is 45.2 Å². The van der Waals surface area contributed by atoms with Crippen LogP contribution in [-0.2, 0) is 22.5 Å². The van der Waals surface area contributed by atoms with Gasteiger partial charge >= 0.3 is 0 Å². The van der Waals surface area contributed by atoms with E-state index in [2.05, 4.69) is 22.2 Å². The smallest absolute Gasteiger partial charge is 0.241 e. The average molecular weight is 312 g/mol. The van der Waals surface area contributed by atoms with Gasteiger partial charge in [0.05, 0.1) is 17.3 Å². The second-order valence-corrected chi connectivity index (χ2v) is 6.19. The summed E-state index contributed by atoms with van der Waals surface area (Å²) in [4.78, 5) is 20.8. The van der Waals surface area contributed by atoms with Crippen molar-refractivity contribution in [3.63, 3.8) is 0 Å². The molecule has 1 aromatic heterocycles. The highest BCUT2D eigenvalue weighted by Crippen LogP contribution is 2.13. The first-order valence-corrected chi connectivity index (χ1v) is 8.21. The molecular weight excluding hydrogens is 288 g/mol. The van der Waals surface area contributed by atoms with E-state index in [0.717, 1.165) is 44.8 Å². The second kappa shape index (κ2) is 7.84. The maximum absolute atomic E-state index is 12.1. The first-order chi connectivity index (χ1) is 10.1. The Kier molecular flexibility index (Phi) is 6.10. The van der Waals surface area contributed by atoms with Crippen molar-refractivity contribution < 1.29 is 9.53 Å². The Labute approximate surface area is 129 Å². The van der Waals surface area contributed by atoms with Crippen molar-refractivity contribution in [2.75, 3.05) is 39.9 Å². The largest absolute Gasteiger partial charge is 0.383 e. The zero-order valence-electron chi connectivity index (χ0n) is 12.7. The molecule has 0 spiro atoms. The number of aryl methyl sites for hydroxylation is 1. The van der Waals surface area contributed by atoms with Crippen molar-refractivity contribution in [2.24, 2.45) is 5.73 Å². The number of carbonyl (C=O) groups excluding carboxylic acids is 1. The Morgan fingerprint density at radius 2 is 2.19 bits per heavy atom. The third-order valence-electron chi connectivity index (χ3n) is 3.63. The number of hydrogen-bond acceptors (Lipinski definition) is 6. The molecule has 0 saturated carbocycles. The highest BCUT2D eigenvalue weighted by molar-refractivity contribution is 7.09. The average Bonchev–Trinajstić information content (AvgIpc) is 2.95. The van der Waals surface area contributed by atoms with E-state index in [-0.39, 0.29) is 12.5 Å². The number of amides is 1. The van der Waals surface area contributed by atoms with Gasteiger partial charge in [-0.05, 0) is 6.42 Å². The molecule has 0 aliphatic carbocycles. The van der Waals surface area contributed by atoms with E-state index in [1.165, 1.54) is 5.01 Å². The van der Waals surface area contributed by atoms with Crippen LogP contribution in [0.2, 0.25) is 0 Å². The molecule has 6 nitrogen and oxygen atoms in total. The zero-order chi connectivity index (χ0) is 15.2. The highest BCUT2D eigenvalue weighted by atomic mass is 32.1. The van der Waals surface area contributed by atoms with Gasteiger partial charge in [0.2, 0.25) is 5.91 Å². The summed E-state index contributed by atoms with van der Waals surface area (Å²) in [6, 6.07) is -0.549. The number of aromatic nitrogens is 1. The number of carbonyl (C=O) groups is 1. The monoisotopic (exact) mass is 312 g/mol. The fourth-order valence-corrected chi connectivity index (χ4v) is 3.16. The van der Waals surface area contributed by atoms with Crippen LogP contribution < -0.4 is 5.73 Å². The van der Waals surface area contributed by atoms with Crippen molar-refractivity contribution in [2.45, 2.75) is 25.9 Å². The summed E-state index contributed by atoms with van der Waals surface area (Å²) in [7, 11) is 1.56. The Balaban J connectivity index is 1.79. The summed E-state index contributed by atoms with van der Waals surface area (Å²) in [6.07, 6.45) is 0.990. The van der Waals surface area contributed by atoms with Gasteiger partial charge in [-0.15, -0.1) is 11.3 Å². The number of ether oxygens (including phenoxy) is 1. The zero-order valence-corrected chi connectivity index (χ0v) is 13.6. The first-order valence-electron chi connectivity index (χ1n) is 7.33. The molecule has 1 aliphatic rings. The van der Waals surface area contributed by atoms with E-state index >= 15 is 0 Å². The quantitative estimate of drug-likeness (QED) is 0.819. The van der Waals surface area contributed by atoms with Crippen molar-refractivity contribution >= 4 is 17.2 Å². The van der Waals surface area contributed by atoms with Crippen LogP contribution in [0, 0.1) is 0 Å². The number of nitrogens with two attached hydrogens (primary N) is 1. The summed E-state index contributed by atoms with van der Waals surface area (Å²) in [6.45, 7) is 6.44. The Bertz CT molecular complexity index is 458.